The zero-order valence-electron chi connectivity index (χ0n) is 13.3. The summed E-state index contributed by atoms with van der Waals surface area (Å²) < 4.78 is 31.8. The van der Waals surface area contributed by atoms with Crippen molar-refractivity contribution in [2.45, 2.75) is 24.8 Å². The van der Waals surface area contributed by atoms with E-state index in [1.807, 2.05) is 29.8 Å². The fourth-order valence-electron chi connectivity index (χ4n) is 2.31. The van der Waals surface area contributed by atoms with Gasteiger partial charge in [0.1, 0.15) is 10.6 Å². The fourth-order valence-corrected chi connectivity index (χ4v) is 3.24. The van der Waals surface area contributed by atoms with E-state index in [9.17, 15) is 8.42 Å². The molecule has 0 atom stereocenters. The second kappa shape index (κ2) is 6.88. The topological polar surface area (TPSA) is 61.2 Å². The van der Waals surface area contributed by atoms with Crippen LogP contribution in [0.15, 0.2) is 72.1 Å². The molecule has 5 nitrogen and oxygen atoms in total. The van der Waals surface area contributed by atoms with Crippen molar-refractivity contribution in [1.82, 2.24) is 9.55 Å². The molecule has 6 heteroatoms. The summed E-state index contributed by atoms with van der Waals surface area (Å²) in [6.07, 6.45) is 6.18. The molecule has 2 aromatic carbocycles. The van der Waals surface area contributed by atoms with Crippen LogP contribution < -0.4 is 4.18 Å². The Morgan fingerprint density at radius 2 is 1.67 bits per heavy atom. The van der Waals surface area contributed by atoms with Gasteiger partial charge in [-0.1, -0.05) is 31.2 Å². The van der Waals surface area contributed by atoms with Gasteiger partial charge in [-0.15, -0.1) is 0 Å². The molecular formula is C18H18N2O3S. The van der Waals surface area contributed by atoms with Gasteiger partial charge in [-0.2, -0.15) is 8.42 Å². The first-order chi connectivity index (χ1) is 11.6. The van der Waals surface area contributed by atoms with Crippen LogP contribution in [0, 0.1) is 0 Å². The largest absolute Gasteiger partial charge is 0.379 e. The van der Waals surface area contributed by atoms with Crippen LogP contribution in [0.1, 0.15) is 18.1 Å². The van der Waals surface area contributed by atoms with Crippen LogP contribution in [0.25, 0.3) is 0 Å². The maximum absolute atomic E-state index is 12.3. The molecule has 0 aliphatic heterocycles. The summed E-state index contributed by atoms with van der Waals surface area (Å²) in [5, 5.41) is 0. The average Bonchev–Trinajstić information content (AvgIpc) is 3.09. The number of hydrogen-bond donors (Lipinski definition) is 0. The van der Waals surface area contributed by atoms with E-state index in [-0.39, 0.29) is 4.90 Å². The Kier molecular flexibility index (Phi) is 4.66. The van der Waals surface area contributed by atoms with Gasteiger partial charge in [0.25, 0.3) is 0 Å². The third-order valence-corrected chi connectivity index (χ3v) is 4.94. The molecule has 0 bridgehead atoms. The molecule has 0 amide bonds. The molecule has 3 aromatic rings. The van der Waals surface area contributed by atoms with Crippen molar-refractivity contribution >= 4 is 10.1 Å². The summed E-state index contributed by atoms with van der Waals surface area (Å²) in [5.74, 6) is 0.295. The van der Waals surface area contributed by atoms with Crippen LogP contribution in [0.2, 0.25) is 0 Å². The number of aryl methyl sites for hydroxylation is 1. The van der Waals surface area contributed by atoms with Crippen molar-refractivity contribution in [3.8, 4) is 5.75 Å². The zero-order chi connectivity index (χ0) is 17.0. The fraction of sp³-hybridized carbons (Fsp3) is 0.167. The minimum atomic E-state index is -3.82. The minimum absolute atomic E-state index is 0.155. The Balaban J connectivity index is 1.72. The molecule has 24 heavy (non-hydrogen) atoms. The molecule has 1 heterocycles. The molecule has 0 saturated carbocycles. The molecule has 3 rings (SSSR count). The van der Waals surface area contributed by atoms with Crippen LogP contribution >= 0.6 is 0 Å². The number of aromatic nitrogens is 2. The van der Waals surface area contributed by atoms with E-state index in [4.69, 9.17) is 4.18 Å². The monoisotopic (exact) mass is 342 g/mol. The van der Waals surface area contributed by atoms with Gasteiger partial charge < -0.3 is 8.75 Å². The Bertz CT molecular complexity index is 884. The normalized spacial score (nSPS) is 11.4. The van der Waals surface area contributed by atoms with Gasteiger partial charge in [-0.3, -0.25) is 0 Å². The standard InChI is InChI=1S/C18H18N2O3S/c1-2-15-5-9-18(10-6-15)24(21,22)23-17-7-3-16(4-8-17)13-20-12-11-19-14-20/h3-12,14H,2,13H2,1H3. The lowest BCUT2D eigenvalue weighted by Crippen LogP contribution is -2.09. The Morgan fingerprint density at radius 3 is 2.25 bits per heavy atom. The predicted octanol–water partition coefficient (Wildman–Crippen LogP) is 3.26. The van der Waals surface area contributed by atoms with Crippen molar-refractivity contribution in [3.63, 3.8) is 0 Å². The van der Waals surface area contributed by atoms with Gasteiger partial charge in [0.15, 0.2) is 0 Å². The maximum Gasteiger partial charge on any atom is 0.339 e. The zero-order valence-corrected chi connectivity index (χ0v) is 14.1. The smallest absolute Gasteiger partial charge is 0.339 e. The summed E-state index contributed by atoms with van der Waals surface area (Å²) in [6.45, 7) is 2.69. The molecule has 1 aromatic heterocycles. The van der Waals surface area contributed by atoms with Crippen molar-refractivity contribution < 1.29 is 12.6 Å². The number of nitrogens with zero attached hydrogens (tertiary/aromatic N) is 2. The molecule has 0 unspecified atom stereocenters. The van der Waals surface area contributed by atoms with E-state index in [0.717, 1.165) is 17.5 Å². The van der Waals surface area contributed by atoms with E-state index in [1.54, 1.807) is 48.9 Å². The Hall–Kier alpha value is -2.60. The van der Waals surface area contributed by atoms with E-state index in [2.05, 4.69) is 4.98 Å². The highest BCUT2D eigenvalue weighted by Crippen LogP contribution is 2.20. The average molecular weight is 342 g/mol. The first-order valence-corrected chi connectivity index (χ1v) is 9.06. The van der Waals surface area contributed by atoms with Gasteiger partial charge in [0.2, 0.25) is 0 Å². The summed E-state index contributed by atoms with van der Waals surface area (Å²) >= 11 is 0. The molecule has 0 saturated heterocycles. The number of benzene rings is 2. The molecule has 0 aliphatic rings. The lowest BCUT2D eigenvalue weighted by Gasteiger charge is -2.09. The van der Waals surface area contributed by atoms with Gasteiger partial charge in [-0.05, 0) is 41.8 Å². The second-order valence-electron chi connectivity index (χ2n) is 5.41. The molecule has 0 N–H and O–H groups in total. The minimum Gasteiger partial charge on any atom is -0.379 e. The second-order valence-corrected chi connectivity index (χ2v) is 6.96. The van der Waals surface area contributed by atoms with E-state index >= 15 is 0 Å². The molecule has 124 valence electrons. The SMILES string of the molecule is CCc1ccc(S(=O)(=O)Oc2ccc(Cn3ccnc3)cc2)cc1. The highest BCUT2D eigenvalue weighted by molar-refractivity contribution is 7.87. The number of hydrogen-bond acceptors (Lipinski definition) is 4. The summed E-state index contributed by atoms with van der Waals surface area (Å²) in [4.78, 5) is 4.14. The number of rotatable bonds is 6. The van der Waals surface area contributed by atoms with E-state index < -0.39 is 10.1 Å². The third kappa shape index (κ3) is 3.83. The van der Waals surface area contributed by atoms with Crippen molar-refractivity contribution in [2.75, 3.05) is 0 Å². The molecule has 0 aliphatic carbocycles. The van der Waals surface area contributed by atoms with Crippen LogP contribution in [0.5, 0.6) is 5.75 Å². The first-order valence-electron chi connectivity index (χ1n) is 7.65. The predicted molar refractivity (Wildman–Crippen MR) is 91.4 cm³/mol. The van der Waals surface area contributed by atoms with E-state index in [0.29, 0.717) is 12.3 Å². The van der Waals surface area contributed by atoms with Crippen molar-refractivity contribution in [1.29, 1.82) is 0 Å². The van der Waals surface area contributed by atoms with Gasteiger partial charge in [-0.25, -0.2) is 4.98 Å². The highest BCUT2D eigenvalue weighted by Gasteiger charge is 2.16. The maximum atomic E-state index is 12.3. The van der Waals surface area contributed by atoms with Crippen LogP contribution in [0.4, 0.5) is 0 Å². The first kappa shape index (κ1) is 16.3. The van der Waals surface area contributed by atoms with Gasteiger partial charge >= 0.3 is 10.1 Å². The van der Waals surface area contributed by atoms with Gasteiger partial charge in [0.05, 0.1) is 6.33 Å². The highest BCUT2D eigenvalue weighted by atomic mass is 32.2. The van der Waals surface area contributed by atoms with Crippen LogP contribution in [-0.4, -0.2) is 18.0 Å². The molecule has 0 radical (unpaired) electrons. The quantitative estimate of drug-likeness (QED) is 0.645. The number of imidazole rings is 1. The van der Waals surface area contributed by atoms with Crippen LogP contribution in [0.3, 0.4) is 0 Å². The third-order valence-electron chi connectivity index (χ3n) is 3.67. The lowest BCUT2D eigenvalue weighted by atomic mass is 10.2. The van der Waals surface area contributed by atoms with Crippen LogP contribution in [-0.2, 0) is 23.1 Å². The van der Waals surface area contributed by atoms with Gasteiger partial charge in [0, 0.05) is 18.9 Å². The summed E-state index contributed by atoms with van der Waals surface area (Å²) in [7, 11) is -3.82. The summed E-state index contributed by atoms with van der Waals surface area (Å²) in [6, 6.07) is 13.7. The van der Waals surface area contributed by atoms with Crippen molar-refractivity contribution in [3.05, 3.63) is 78.4 Å². The molecular weight excluding hydrogens is 324 g/mol. The summed E-state index contributed by atoms with van der Waals surface area (Å²) in [5.41, 5.74) is 2.11. The lowest BCUT2D eigenvalue weighted by molar-refractivity contribution is 0.486. The Morgan fingerprint density at radius 1 is 1.00 bits per heavy atom. The molecule has 0 fully saturated rings. The van der Waals surface area contributed by atoms with E-state index in [1.165, 1.54) is 0 Å². The molecule has 0 spiro atoms. The van der Waals surface area contributed by atoms with Crippen molar-refractivity contribution in [2.24, 2.45) is 0 Å². The Labute approximate surface area is 141 Å².